The summed E-state index contributed by atoms with van der Waals surface area (Å²) in [6.07, 6.45) is 2.32. The minimum Gasteiger partial charge on any atom is -0.489 e. The zero-order valence-electron chi connectivity index (χ0n) is 13.5. The van der Waals surface area contributed by atoms with Crippen LogP contribution in [0, 0.1) is 0 Å². The smallest absolute Gasteiger partial charge is 0.120 e. The molecule has 0 aliphatic carbocycles. The van der Waals surface area contributed by atoms with Crippen LogP contribution in [0.2, 0.25) is 0 Å². The van der Waals surface area contributed by atoms with Crippen molar-refractivity contribution in [3.63, 3.8) is 0 Å². The van der Waals surface area contributed by atoms with Gasteiger partial charge in [0.2, 0.25) is 0 Å². The zero-order valence-corrected chi connectivity index (χ0v) is 13.5. The summed E-state index contributed by atoms with van der Waals surface area (Å²) in [4.78, 5) is 2.39. The van der Waals surface area contributed by atoms with Crippen LogP contribution in [-0.2, 0) is 13.0 Å². The summed E-state index contributed by atoms with van der Waals surface area (Å²) in [5.41, 5.74) is 4.61. The largest absolute Gasteiger partial charge is 0.489 e. The van der Waals surface area contributed by atoms with Gasteiger partial charge in [-0.25, -0.2) is 4.39 Å². The molecule has 23 heavy (non-hydrogen) atoms. The van der Waals surface area contributed by atoms with Gasteiger partial charge in [0.05, 0.1) is 6.33 Å². The standard InChI is InChI=1S/C20H22FNO/c1-2-16(13-21)15-23-20-9-8-18-14-22(11-10-17(18)12-20)19-6-4-3-5-7-19/h3-9,12-13H,2,10-11,14-15H2,1H3/b16-13-. The molecule has 1 aliphatic heterocycles. The maximum Gasteiger partial charge on any atom is 0.120 e. The SMILES string of the molecule is CC/C(=C/F)COc1ccc2c(c1)CCN(c1ccccc1)C2. The maximum absolute atomic E-state index is 12.6. The van der Waals surface area contributed by atoms with Gasteiger partial charge < -0.3 is 9.64 Å². The van der Waals surface area contributed by atoms with E-state index in [-0.39, 0.29) is 0 Å². The topological polar surface area (TPSA) is 12.5 Å². The van der Waals surface area contributed by atoms with Crippen LogP contribution in [0.3, 0.4) is 0 Å². The Morgan fingerprint density at radius 3 is 2.74 bits per heavy atom. The first-order valence-electron chi connectivity index (χ1n) is 8.13. The number of ether oxygens (including phenoxy) is 1. The van der Waals surface area contributed by atoms with E-state index in [1.807, 2.05) is 19.1 Å². The number of nitrogens with zero attached hydrogens (tertiary/aromatic N) is 1. The van der Waals surface area contributed by atoms with Crippen LogP contribution in [0.15, 0.2) is 60.4 Å². The summed E-state index contributed by atoms with van der Waals surface area (Å²) in [7, 11) is 0. The third-order valence-electron chi connectivity index (χ3n) is 4.34. The van der Waals surface area contributed by atoms with Gasteiger partial charge in [-0.3, -0.25) is 0 Å². The van der Waals surface area contributed by atoms with Gasteiger partial charge in [-0.15, -0.1) is 0 Å². The van der Waals surface area contributed by atoms with Gasteiger partial charge in [0.15, 0.2) is 0 Å². The molecule has 0 N–H and O–H groups in total. The van der Waals surface area contributed by atoms with Gasteiger partial charge in [-0.05, 0) is 53.8 Å². The van der Waals surface area contributed by atoms with Gasteiger partial charge in [0, 0.05) is 18.8 Å². The monoisotopic (exact) mass is 311 g/mol. The summed E-state index contributed by atoms with van der Waals surface area (Å²) in [5.74, 6) is 0.824. The van der Waals surface area contributed by atoms with Crippen molar-refractivity contribution in [2.24, 2.45) is 0 Å². The highest BCUT2D eigenvalue weighted by atomic mass is 19.1. The highest BCUT2D eigenvalue weighted by Gasteiger charge is 2.17. The Morgan fingerprint density at radius 1 is 1.17 bits per heavy atom. The van der Waals surface area contributed by atoms with E-state index in [2.05, 4.69) is 41.3 Å². The number of fused-ring (bicyclic) bond motifs is 1. The van der Waals surface area contributed by atoms with Crippen molar-refractivity contribution >= 4 is 5.69 Å². The Morgan fingerprint density at radius 2 is 2.00 bits per heavy atom. The van der Waals surface area contributed by atoms with E-state index in [0.717, 1.165) is 25.3 Å². The van der Waals surface area contributed by atoms with Crippen molar-refractivity contribution in [1.29, 1.82) is 0 Å². The Balaban J connectivity index is 1.69. The number of para-hydroxylation sites is 1. The molecule has 1 aliphatic rings. The lowest BCUT2D eigenvalue weighted by Gasteiger charge is -2.31. The average molecular weight is 311 g/mol. The molecule has 0 amide bonds. The second kappa shape index (κ2) is 7.32. The molecule has 2 nitrogen and oxygen atoms in total. The van der Waals surface area contributed by atoms with E-state index in [1.54, 1.807) is 0 Å². The molecule has 2 aromatic rings. The van der Waals surface area contributed by atoms with Gasteiger partial charge in [-0.1, -0.05) is 31.2 Å². The first-order valence-corrected chi connectivity index (χ1v) is 8.13. The minimum absolute atomic E-state index is 0.321. The van der Waals surface area contributed by atoms with Crippen LogP contribution < -0.4 is 9.64 Å². The van der Waals surface area contributed by atoms with Crippen molar-refractivity contribution in [2.45, 2.75) is 26.3 Å². The fourth-order valence-corrected chi connectivity index (χ4v) is 2.87. The Labute approximate surface area is 137 Å². The molecule has 0 radical (unpaired) electrons. The third kappa shape index (κ3) is 3.73. The molecule has 0 spiro atoms. The van der Waals surface area contributed by atoms with E-state index in [9.17, 15) is 4.39 Å². The van der Waals surface area contributed by atoms with Crippen molar-refractivity contribution in [3.05, 3.63) is 71.6 Å². The Hall–Kier alpha value is -2.29. The number of rotatable bonds is 5. The predicted molar refractivity (Wildman–Crippen MR) is 92.6 cm³/mol. The lowest BCUT2D eigenvalue weighted by molar-refractivity contribution is 0.345. The molecule has 0 saturated heterocycles. The van der Waals surface area contributed by atoms with E-state index in [1.165, 1.54) is 16.8 Å². The van der Waals surface area contributed by atoms with Crippen LogP contribution in [0.5, 0.6) is 5.75 Å². The molecule has 0 saturated carbocycles. The van der Waals surface area contributed by atoms with Crippen molar-refractivity contribution in [2.75, 3.05) is 18.1 Å². The normalized spacial score (nSPS) is 14.5. The minimum atomic E-state index is 0.321. The molecule has 1 heterocycles. The Kier molecular flexibility index (Phi) is 4.96. The molecule has 3 heteroatoms. The molecular formula is C20H22FNO. The number of hydrogen-bond donors (Lipinski definition) is 0. The van der Waals surface area contributed by atoms with E-state index in [4.69, 9.17) is 4.74 Å². The maximum atomic E-state index is 12.6. The zero-order chi connectivity index (χ0) is 16.1. The highest BCUT2D eigenvalue weighted by molar-refractivity contribution is 5.50. The molecular weight excluding hydrogens is 289 g/mol. The van der Waals surface area contributed by atoms with E-state index < -0.39 is 0 Å². The summed E-state index contributed by atoms with van der Waals surface area (Å²) < 4.78 is 18.3. The van der Waals surface area contributed by atoms with Crippen molar-refractivity contribution in [3.8, 4) is 5.75 Å². The van der Waals surface area contributed by atoms with Crippen molar-refractivity contribution in [1.82, 2.24) is 0 Å². The van der Waals surface area contributed by atoms with Gasteiger partial charge in [-0.2, -0.15) is 0 Å². The van der Waals surface area contributed by atoms with Crippen LogP contribution in [0.4, 0.5) is 10.1 Å². The predicted octanol–water partition coefficient (Wildman–Crippen LogP) is 4.89. The first kappa shape index (κ1) is 15.6. The molecule has 3 rings (SSSR count). The van der Waals surface area contributed by atoms with Crippen LogP contribution in [-0.4, -0.2) is 13.2 Å². The number of anilines is 1. The first-order chi connectivity index (χ1) is 11.3. The van der Waals surface area contributed by atoms with Crippen LogP contribution in [0.1, 0.15) is 24.5 Å². The summed E-state index contributed by atoms with van der Waals surface area (Å²) in [5, 5.41) is 0. The molecule has 0 bridgehead atoms. The van der Waals surface area contributed by atoms with Gasteiger partial charge in [0.25, 0.3) is 0 Å². The summed E-state index contributed by atoms with van der Waals surface area (Å²) in [6.45, 7) is 4.18. The second-order valence-corrected chi connectivity index (χ2v) is 5.85. The molecule has 0 aromatic heterocycles. The molecule has 120 valence electrons. The van der Waals surface area contributed by atoms with Crippen LogP contribution >= 0.6 is 0 Å². The van der Waals surface area contributed by atoms with Crippen LogP contribution in [0.25, 0.3) is 0 Å². The fraction of sp³-hybridized carbons (Fsp3) is 0.300. The number of halogens is 1. The van der Waals surface area contributed by atoms with Gasteiger partial charge >= 0.3 is 0 Å². The number of benzene rings is 2. The number of hydrogen-bond acceptors (Lipinski definition) is 2. The lowest BCUT2D eigenvalue weighted by Crippen LogP contribution is -2.30. The molecule has 0 fully saturated rings. The summed E-state index contributed by atoms with van der Waals surface area (Å²) in [6, 6.07) is 16.7. The highest BCUT2D eigenvalue weighted by Crippen LogP contribution is 2.27. The summed E-state index contributed by atoms with van der Waals surface area (Å²) >= 11 is 0. The second-order valence-electron chi connectivity index (χ2n) is 5.85. The van der Waals surface area contributed by atoms with E-state index >= 15 is 0 Å². The lowest BCUT2D eigenvalue weighted by atomic mass is 9.99. The molecule has 0 unspecified atom stereocenters. The third-order valence-corrected chi connectivity index (χ3v) is 4.34. The molecule has 2 aromatic carbocycles. The average Bonchev–Trinajstić information content (AvgIpc) is 2.63. The molecule has 0 atom stereocenters. The quantitative estimate of drug-likeness (QED) is 0.779. The van der Waals surface area contributed by atoms with Crippen molar-refractivity contribution < 1.29 is 9.13 Å². The Bertz CT molecular complexity index is 681. The fourth-order valence-electron chi connectivity index (χ4n) is 2.87. The van der Waals surface area contributed by atoms with Gasteiger partial charge in [0.1, 0.15) is 12.4 Å². The van der Waals surface area contributed by atoms with E-state index in [0.29, 0.717) is 24.9 Å².